The van der Waals surface area contributed by atoms with Crippen molar-refractivity contribution in [3.8, 4) is 0 Å². The van der Waals surface area contributed by atoms with Crippen LogP contribution in [0.3, 0.4) is 0 Å². The molecule has 106 valence electrons. The van der Waals surface area contributed by atoms with Crippen LogP contribution in [0.25, 0.3) is 0 Å². The Hall–Kier alpha value is -0.0400. The van der Waals surface area contributed by atoms with Crippen LogP contribution in [0, 0.1) is 5.92 Å². The molecule has 0 saturated heterocycles. The third-order valence-corrected chi connectivity index (χ3v) is 4.10. The SMILES string of the molecule is COC1CCCC1CN=C(N)NC1CCCC1.I. The highest BCUT2D eigenvalue weighted by atomic mass is 127. The molecule has 0 aromatic carbocycles. The van der Waals surface area contributed by atoms with Crippen molar-refractivity contribution < 1.29 is 4.74 Å². The predicted octanol–water partition coefficient (Wildman–Crippen LogP) is 2.27. The molecule has 0 aromatic heterocycles. The quantitative estimate of drug-likeness (QED) is 0.455. The van der Waals surface area contributed by atoms with Gasteiger partial charge in [-0.1, -0.05) is 19.3 Å². The molecular formula is C13H26IN3O. The van der Waals surface area contributed by atoms with Crippen molar-refractivity contribution in [3.05, 3.63) is 0 Å². The van der Waals surface area contributed by atoms with Gasteiger partial charge in [-0.25, -0.2) is 0 Å². The van der Waals surface area contributed by atoms with Crippen LogP contribution in [0.2, 0.25) is 0 Å². The second-order valence-electron chi connectivity index (χ2n) is 5.32. The topological polar surface area (TPSA) is 59.6 Å². The maximum absolute atomic E-state index is 5.92. The number of guanidine groups is 1. The molecule has 2 aliphatic carbocycles. The molecule has 2 saturated carbocycles. The van der Waals surface area contributed by atoms with Gasteiger partial charge in [0.1, 0.15) is 0 Å². The standard InChI is InChI=1S/C13H25N3O.HI/c1-17-12-8-4-5-10(12)9-15-13(14)16-11-6-2-3-7-11;/h10-12H,2-9H2,1H3,(H3,14,15,16);1H. The number of nitrogens with zero attached hydrogens (tertiary/aromatic N) is 1. The van der Waals surface area contributed by atoms with Gasteiger partial charge < -0.3 is 15.8 Å². The van der Waals surface area contributed by atoms with Crippen molar-refractivity contribution in [2.75, 3.05) is 13.7 Å². The molecule has 18 heavy (non-hydrogen) atoms. The predicted molar refractivity (Wildman–Crippen MR) is 85.4 cm³/mol. The van der Waals surface area contributed by atoms with Gasteiger partial charge in [0.15, 0.2) is 5.96 Å². The number of halogens is 1. The highest BCUT2D eigenvalue weighted by Gasteiger charge is 2.26. The van der Waals surface area contributed by atoms with Gasteiger partial charge in [-0.3, -0.25) is 4.99 Å². The number of ether oxygens (including phenoxy) is 1. The number of hydrogen-bond acceptors (Lipinski definition) is 2. The van der Waals surface area contributed by atoms with Gasteiger partial charge in [-0.15, -0.1) is 24.0 Å². The van der Waals surface area contributed by atoms with Gasteiger partial charge in [-0.05, 0) is 25.7 Å². The lowest BCUT2D eigenvalue weighted by atomic mass is 10.1. The molecule has 0 bridgehead atoms. The molecule has 0 radical (unpaired) electrons. The first-order valence-electron chi connectivity index (χ1n) is 6.89. The van der Waals surface area contributed by atoms with Crippen molar-refractivity contribution in [1.82, 2.24) is 5.32 Å². The zero-order chi connectivity index (χ0) is 12.1. The smallest absolute Gasteiger partial charge is 0.188 e. The van der Waals surface area contributed by atoms with Crippen molar-refractivity contribution in [2.24, 2.45) is 16.6 Å². The zero-order valence-electron chi connectivity index (χ0n) is 11.2. The van der Waals surface area contributed by atoms with Crippen LogP contribution in [0.4, 0.5) is 0 Å². The average molecular weight is 367 g/mol. The summed E-state index contributed by atoms with van der Waals surface area (Å²) in [5.74, 6) is 1.18. The van der Waals surface area contributed by atoms with E-state index in [9.17, 15) is 0 Å². The Morgan fingerprint density at radius 2 is 1.94 bits per heavy atom. The summed E-state index contributed by atoms with van der Waals surface area (Å²) in [6.45, 7) is 0.810. The largest absolute Gasteiger partial charge is 0.381 e. The Bertz CT molecular complexity index is 267. The minimum Gasteiger partial charge on any atom is -0.381 e. The Balaban J connectivity index is 0.00000162. The normalized spacial score (nSPS) is 29.3. The maximum Gasteiger partial charge on any atom is 0.188 e. The molecule has 4 nitrogen and oxygen atoms in total. The monoisotopic (exact) mass is 367 g/mol. The molecule has 0 aliphatic heterocycles. The molecule has 0 heterocycles. The second-order valence-corrected chi connectivity index (χ2v) is 5.32. The van der Waals surface area contributed by atoms with Gasteiger partial charge in [0.2, 0.25) is 0 Å². The van der Waals surface area contributed by atoms with E-state index in [1.165, 1.54) is 44.9 Å². The van der Waals surface area contributed by atoms with Crippen LogP contribution >= 0.6 is 24.0 Å². The lowest BCUT2D eigenvalue weighted by Crippen LogP contribution is -2.39. The van der Waals surface area contributed by atoms with Crippen LogP contribution < -0.4 is 11.1 Å². The first-order chi connectivity index (χ1) is 8.29. The second kappa shape index (κ2) is 8.19. The number of rotatable bonds is 4. The number of hydrogen-bond donors (Lipinski definition) is 2. The highest BCUT2D eigenvalue weighted by Crippen LogP contribution is 2.27. The summed E-state index contributed by atoms with van der Waals surface area (Å²) in [5.41, 5.74) is 5.92. The van der Waals surface area contributed by atoms with E-state index in [0.29, 0.717) is 24.0 Å². The fraction of sp³-hybridized carbons (Fsp3) is 0.923. The maximum atomic E-state index is 5.92. The molecular weight excluding hydrogens is 341 g/mol. The molecule has 0 amide bonds. The Labute approximate surface area is 127 Å². The van der Waals surface area contributed by atoms with Gasteiger partial charge in [0.05, 0.1) is 6.10 Å². The molecule has 0 aromatic rings. The molecule has 0 spiro atoms. The van der Waals surface area contributed by atoms with Crippen molar-refractivity contribution >= 4 is 29.9 Å². The minimum atomic E-state index is 0. The summed E-state index contributed by atoms with van der Waals surface area (Å²) in [5, 5.41) is 3.32. The van der Waals surface area contributed by atoms with Gasteiger partial charge in [-0.2, -0.15) is 0 Å². The summed E-state index contributed by atoms with van der Waals surface area (Å²) in [6, 6.07) is 0.556. The number of methoxy groups -OCH3 is 1. The van der Waals surface area contributed by atoms with Crippen LogP contribution in [0.5, 0.6) is 0 Å². The summed E-state index contributed by atoms with van der Waals surface area (Å²) < 4.78 is 5.46. The fourth-order valence-electron chi connectivity index (χ4n) is 3.06. The van der Waals surface area contributed by atoms with E-state index in [1.807, 2.05) is 0 Å². The molecule has 2 fully saturated rings. The fourth-order valence-corrected chi connectivity index (χ4v) is 3.06. The van der Waals surface area contributed by atoms with Crippen LogP contribution in [-0.2, 0) is 4.74 Å². The summed E-state index contributed by atoms with van der Waals surface area (Å²) >= 11 is 0. The van der Waals surface area contributed by atoms with E-state index < -0.39 is 0 Å². The first kappa shape index (κ1) is 16.0. The lowest BCUT2D eigenvalue weighted by Gasteiger charge is -2.17. The van der Waals surface area contributed by atoms with Crippen LogP contribution in [0.15, 0.2) is 4.99 Å². The summed E-state index contributed by atoms with van der Waals surface area (Å²) in [7, 11) is 1.80. The van der Waals surface area contributed by atoms with E-state index in [0.717, 1.165) is 6.54 Å². The third-order valence-electron chi connectivity index (χ3n) is 4.10. The van der Waals surface area contributed by atoms with E-state index in [-0.39, 0.29) is 24.0 Å². The summed E-state index contributed by atoms with van der Waals surface area (Å²) in [6.07, 6.45) is 9.15. The van der Waals surface area contributed by atoms with Crippen molar-refractivity contribution in [3.63, 3.8) is 0 Å². The minimum absolute atomic E-state index is 0. The first-order valence-corrected chi connectivity index (χ1v) is 6.89. The van der Waals surface area contributed by atoms with Gasteiger partial charge in [0.25, 0.3) is 0 Å². The lowest BCUT2D eigenvalue weighted by molar-refractivity contribution is 0.0742. The number of nitrogens with two attached hydrogens (primary N) is 1. The van der Waals surface area contributed by atoms with E-state index in [1.54, 1.807) is 7.11 Å². The number of aliphatic imine (C=N–C) groups is 1. The van der Waals surface area contributed by atoms with Crippen molar-refractivity contribution in [1.29, 1.82) is 0 Å². The zero-order valence-corrected chi connectivity index (χ0v) is 13.6. The van der Waals surface area contributed by atoms with Crippen LogP contribution in [-0.4, -0.2) is 31.8 Å². The summed E-state index contributed by atoms with van der Waals surface area (Å²) in [4.78, 5) is 4.47. The van der Waals surface area contributed by atoms with E-state index in [4.69, 9.17) is 10.5 Å². The molecule has 5 heteroatoms. The Morgan fingerprint density at radius 3 is 2.61 bits per heavy atom. The van der Waals surface area contributed by atoms with Crippen LogP contribution in [0.1, 0.15) is 44.9 Å². The van der Waals surface area contributed by atoms with Gasteiger partial charge >= 0.3 is 0 Å². The molecule has 2 aliphatic rings. The number of nitrogens with one attached hydrogen (secondary N) is 1. The highest BCUT2D eigenvalue weighted by molar-refractivity contribution is 14.0. The van der Waals surface area contributed by atoms with Gasteiger partial charge in [0, 0.05) is 25.6 Å². The van der Waals surface area contributed by atoms with E-state index in [2.05, 4.69) is 10.3 Å². The molecule has 2 atom stereocenters. The van der Waals surface area contributed by atoms with E-state index >= 15 is 0 Å². The average Bonchev–Trinajstić information content (AvgIpc) is 2.96. The Morgan fingerprint density at radius 1 is 1.22 bits per heavy atom. The molecule has 2 unspecified atom stereocenters. The molecule has 3 N–H and O–H groups in total. The third kappa shape index (κ3) is 4.57. The van der Waals surface area contributed by atoms with Crippen molar-refractivity contribution in [2.45, 2.75) is 57.1 Å². The Kier molecular flexibility index (Phi) is 7.29. The molecule has 2 rings (SSSR count).